The highest BCUT2D eigenvalue weighted by molar-refractivity contribution is 7.13. The Kier molecular flexibility index (Phi) is 21.2. The van der Waals surface area contributed by atoms with Gasteiger partial charge >= 0.3 is 30.5 Å². The fourth-order valence-electron chi connectivity index (χ4n) is 13.5. The number of esters is 1. The minimum Gasteiger partial charge on any atom is -0.488 e. The molecule has 103 heavy (non-hydrogen) atoms. The van der Waals surface area contributed by atoms with Crippen LogP contribution < -0.4 is 28.9 Å². The van der Waals surface area contributed by atoms with Crippen LogP contribution in [0.2, 0.25) is 0 Å². The second-order valence-corrected chi connectivity index (χ2v) is 28.9. The number of carboxylic acids is 1. The highest BCUT2D eigenvalue weighted by atomic mass is 32.1. The molecule has 536 valence electrons. The number of rotatable bonds is 20. The third-order valence-electron chi connectivity index (χ3n) is 18.5. The number of alkyl halides is 9. The Hall–Kier alpha value is -9.54. The molecule has 3 amide bonds. The third-order valence-corrected chi connectivity index (χ3v) is 22.0. The Morgan fingerprint density at radius 1 is 0.417 bits per heavy atom. The van der Waals surface area contributed by atoms with Crippen LogP contribution in [0.25, 0.3) is 33.4 Å². The number of anilines is 3. The van der Waals surface area contributed by atoms with Crippen LogP contribution in [-0.2, 0) is 86.3 Å². The average molecular weight is 1480 g/mol. The number of carboxylic acid groups (broad SMARTS) is 1. The Labute approximate surface area is 597 Å². The molecule has 2 fully saturated rings. The van der Waals surface area contributed by atoms with Gasteiger partial charge in [0, 0.05) is 81.1 Å². The largest absolute Gasteiger partial charge is 0.488 e. The van der Waals surface area contributed by atoms with Crippen molar-refractivity contribution in [2.24, 2.45) is 11.8 Å². The van der Waals surface area contributed by atoms with Crippen LogP contribution in [0.15, 0.2) is 164 Å². The standard InChI is InChI=1S/C49H41F6N3O6S2.C27H25F3N2O4S/c50-48(51,52)45-39(30-7-3-1-4-8-30)23-37(65-45)27-62-35-11-13-41-32(21-35)16-19-57(41)43(59)26-56-18-15-34(25-56)47(61)64-29-44(60)58-20-17-33-22-36(12-14-42(33)58)63-28-38-24-40(31-9-5-2-6-10-31)46(66-38)49(53,54)55;28-27(29,30)25-22(17-4-2-1-3-5-17)13-21(37-25)16-36-20-6-7-23-18(12-20)9-11-32(23)24(33)15-31-10-8-19(14-31)26(34)35/h1-14,21-24,34H,15-20,25-29H2;1-7,12-13,19H,8-11,14-16H2,(H,34,35)/t34-;19-/m11/s1. The number of carbonyl (C=O) groups excluding carboxylic acids is 4. The van der Waals surface area contributed by atoms with Crippen molar-refractivity contribution in [2.45, 2.75) is 70.5 Å². The van der Waals surface area contributed by atoms with E-state index in [1.807, 2.05) is 21.9 Å². The number of carbonyl (C=O) groups is 5. The summed E-state index contributed by atoms with van der Waals surface area (Å²) >= 11 is 1.99. The van der Waals surface area contributed by atoms with E-state index in [0.29, 0.717) is 166 Å². The predicted octanol–water partition coefficient (Wildman–Crippen LogP) is 16.0. The molecule has 27 heteroatoms. The number of fused-ring (bicyclic) bond motifs is 3. The molecule has 2 atom stereocenters. The molecule has 9 aromatic rings. The molecule has 0 unspecified atom stereocenters. The van der Waals surface area contributed by atoms with E-state index in [-0.39, 0.29) is 61.4 Å². The van der Waals surface area contributed by atoms with Gasteiger partial charge in [-0.25, -0.2) is 0 Å². The van der Waals surface area contributed by atoms with Crippen molar-refractivity contribution >= 4 is 80.7 Å². The number of hydrogen-bond acceptors (Lipinski definition) is 14. The minimum absolute atomic E-state index is 0.00170. The van der Waals surface area contributed by atoms with Gasteiger partial charge in [-0.2, -0.15) is 39.5 Å². The molecule has 0 aliphatic carbocycles. The average Bonchev–Trinajstić information content (AvgIpc) is 1.68. The Morgan fingerprint density at radius 3 is 1.08 bits per heavy atom. The van der Waals surface area contributed by atoms with Gasteiger partial charge in [0.2, 0.25) is 11.8 Å². The summed E-state index contributed by atoms with van der Waals surface area (Å²) in [7, 11) is 0. The number of amides is 3. The number of halogens is 9. The monoisotopic (exact) mass is 1480 g/mol. The van der Waals surface area contributed by atoms with Crippen molar-refractivity contribution < 1.29 is 87.5 Å². The molecule has 6 aromatic carbocycles. The lowest BCUT2D eigenvalue weighted by Gasteiger charge is -2.22. The first-order valence-electron chi connectivity index (χ1n) is 33.1. The van der Waals surface area contributed by atoms with E-state index in [1.54, 1.807) is 143 Å². The molecular formula is C76H66F9N5O10S3. The van der Waals surface area contributed by atoms with Gasteiger partial charge in [-0.05, 0) is 151 Å². The Balaban J connectivity index is 0.000000215. The van der Waals surface area contributed by atoms with Crippen LogP contribution in [0.3, 0.4) is 0 Å². The van der Waals surface area contributed by atoms with E-state index in [1.165, 1.54) is 23.1 Å². The molecular weight excluding hydrogens is 1410 g/mol. The topological polar surface area (TPSA) is 159 Å². The lowest BCUT2D eigenvalue weighted by molar-refractivity contribution is -0.151. The van der Waals surface area contributed by atoms with Gasteiger partial charge in [0.15, 0.2) is 6.61 Å². The summed E-state index contributed by atoms with van der Waals surface area (Å²) in [6.45, 7) is 2.76. The third kappa shape index (κ3) is 16.8. The van der Waals surface area contributed by atoms with Crippen molar-refractivity contribution in [1.29, 1.82) is 0 Å². The highest BCUT2D eigenvalue weighted by Gasteiger charge is 2.41. The van der Waals surface area contributed by atoms with Crippen molar-refractivity contribution in [3.05, 3.63) is 210 Å². The highest BCUT2D eigenvalue weighted by Crippen LogP contribution is 2.47. The van der Waals surface area contributed by atoms with Crippen LogP contribution in [0.5, 0.6) is 17.2 Å². The molecule has 2 saturated heterocycles. The summed E-state index contributed by atoms with van der Waals surface area (Å²) in [5.41, 5.74) is 6.62. The lowest BCUT2D eigenvalue weighted by Crippen LogP contribution is -2.39. The fourth-order valence-corrected chi connectivity index (χ4v) is 16.4. The summed E-state index contributed by atoms with van der Waals surface area (Å²) in [4.78, 5) is 71.9. The number of nitrogens with zero attached hydrogens (tertiary/aromatic N) is 5. The number of thiophene rings is 3. The van der Waals surface area contributed by atoms with Crippen LogP contribution in [-0.4, -0.2) is 110 Å². The molecule has 14 rings (SSSR count). The van der Waals surface area contributed by atoms with Gasteiger partial charge in [-0.3, -0.25) is 33.8 Å². The van der Waals surface area contributed by atoms with Crippen molar-refractivity contribution in [2.75, 3.05) is 80.2 Å². The zero-order chi connectivity index (χ0) is 72.3. The minimum atomic E-state index is -4.51. The molecule has 5 aliphatic heterocycles. The smallest absolute Gasteiger partial charge is 0.426 e. The number of hydrogen-bond donors (Lipinski definition) is 1. The fraction of sp³-hybridized carbons (Fsp3) is 0.303. The molecule has 5 aliphatic rings. The normalized spacial score (nSPS) is 16.7. The maximum atomic E-state index is 13.9. The number of ether oxygens (including phenoxy) is 4. The van der Waals surface area contributed by atoms with Crippen LogP contribution >= 0.6 is 34.0 Å². The lowest BCUT2D eigenvalue weighted by atomic mass is 10.1. The molecule has 0 saturated carbocycles. The van der Waals surface area contributed by atoms with Crippen LogP contribution in [0.4, 0.5) is 56.6 Å². The second kappa shape index (κ2) is 30.4. The van der Waals surface area contributed by atoms with Crippen LogP contribution in [0, 0.1) is 11.8 Å². The van der Waals surface area contributed by atoms with E-state index < -0.39 is 69.4 Å². The van der Waals surface area contributed by atoms with E-state index >= 15 is 0 Å². The number of likely N-dealkylation sites (tertiary alicyclic amines) is 2. The van der Waals surface area contributed by atoms with Gasteiger partial charge < -0.3 is 38.8 Å². The molecule has 0 bridgehead atoms. The molecule has 1 N–H and O–H groups in total. The maximum absolute atomic E-state index is 13.9. The zero-order valence-corrected chi connectivity index (χ0v) is 57.4. The van der Waals surface area contributed by atoms with Gasteiger partial charge in [0.1, 0.15) is 51.7 Å². The SMILES string of the molecule is O=C(O)[C@@H]1CCN(CC(=O)N2CCc3cc(OCc4cc(-c5ccccc5)c(C(F)(F)F)s4)ccc32)C1.O=C(OCC(=O)N1CCc2cc(OCc3cc(-c4ccccc4)c(C(F)(F)F)s3)ccc21)[C@@H]1CCN(CC(=O)N2CCc3cc(OCc4cc(-c5ccccc5)c(C(F)(F)F)s4)ccc32)C1. The number of benzene rings is 6. The summed E-state index contributed by atoms with van der Waals surface area (Å²) in [5, 5.41) is 9.17. The first-order valence-corrected chi connectivity index (χ1v) is 35.6. The second-order valence-electron chi connectivity index (χ2n) is 25.5. The summed E-state index contributed by atoms with van der Waals surface area (Å²) in [6.07, 6.45) is -10.7. The van der Waals surface area contributed by atoms with Gasteiger partial charge in [-0.1, -0.05) is 91.0 Å². The Bertz CT molecular complexity index is 4600. The molecule has 15 nitrogen and oxygen atoms in total. The quantitative estimate of drug-likeness (QED) is 0.0569. The van der Waals surface area contributed by atoms with Gasteiger partial charge in [-0.15, -0.1) is 34.0 Å². The molecule has 0 radical (unpaired) electrons. The van der Waals surface area contributed by atoms with Crippen LogP contribution in [0.1, 0.15) is 58.8 Å². The van der Waals surface area contributed by atoms with E-state index in [2.05, 4.69) is 0 Å². The van der Waals surface area contributed by atoms with Gasteiger partial charge in [0.25, 0.3) is 5.91 Å². The summed E-state index contributed by atoms with van der Waals surface area (Å²) in [6, 6.07) is 45.6. The van der Waals surface area contributed by atoms with E-state index in [4.69, 9.17) is 24.1 Å². The molecule has 3 aromatic heterocycles. The molecule has 0 spiro atoms. The Morgan fingerprint density at radius 2 is 0.748 bits per heavy atom. The summed E-state index contributed by atoms with van der Waals surface area (Å²) in [5.74, 6) is -1.45. The number of aliphatic carboxylic acids is 1. The van der Waals surface area contributed by atoms with Crippen molar-refractivity contribution in [3.8, 4) is 50.6 Å². The van der Waals surface area contributed by atoms with Crippen molar-refractivity contribution in [1.82, 2.24) is 9.80 Å². The zero-order valence-electron chi connectivity index (χ0n) is 55.0. The van der Waals surface area contributed by atoms with Gasteiger partial charge in [0.05, 0.1) is 24.9 Å². The summed E-state index contributed by atoms with van der Waals surface area (Å²) < 4.78 is 147. The van der Waals surface area contributed by atoms with Crippen molar-refractivity contribution in [3.63, 3.8) is 0 Å². The first kappa shape index (κ1) is 71.8. The maximum Gasteiger partial charge on any atom is 0.426 e. The van der Waals surface area contributed by atoms with E-state index in [9.17, 15) is 63.5 Å². The van der Waals surface area contributed by atoms with E-state index in [0.717, 1.165) is 28.1 Å². The molecule has 8 heterocycles. The predicted molar refractivity (Wildman–Crippen MR) is 372 cm³/mol. The first-order chi connectivity index (χ1) is 49.4.